The Labute approximate surface area is 172 Å². The first-order valence-corrected chi connectivity index (χ1v) is 9.82. The van der Waals surface area contributed by atoms with Crippen molar-refractivity contribution >= 4 is 40.9 Å². The molecule has 1 N–H and O–H groups in total. The summed E-state index contributed by atoms with van der Waals surface area (Å²) in [7, 11) is 0. The first-order valence-electron chi connectivity index (χ1n) is 9.06. The summed E-state index contributed by atoms with van der Waals surface area (Å²) in [5, 5.41) is 3.39. The standard InChI is InChI=1S/C21H18Cl2N2O3/c1-11-2-4-12(5-3-11)19(13-6-7-13)24-18(26)10-25-20(27)14-8-16(22)17(23)9-15(14)21(25)28/h2-5,8-9,13,19H,6-7,10H2,1H3,(H,24,26). The Bertz CT molecular complexity index is 943. The number of hydrogen-bond acceptors (Lipinski definition) is 3. The zero-order chi connectivity index (χ0) is 20.0. The fourth-order valence-corrected chi connectivity index (χ4v) is 3.79. The number of carbonyl (C=O) groups excluding carboxylic acids is 3. The van der Waals surface area contributed by atoms with Crippen molar-refractivity contribution in [2.24, 2.45) is 5.92 Å². The van der Waals surface area contributed by atoms with Gasteiger partial charge in [-0.05, 0) is 43.4 Å². The van der Waals surface area contributed by atoms with Crippen LogP contribution < -0.4 is 5.32 Å². The van der Waals surface area contributed by atoms with Crippen molar-refractivity contribution in [2.45, 2.75) is 25.8 Å². The van der Waals surface area contributed by atoms with Crippen molar-refractivity contribution in [3.63, 3.8) is 0 Å². The van der Waals surface area contributed by atoms with Crippen LogP contribution >= 0.6 is 23.2 Å². The molecule has 5 nitrogen and oxygen atoms in total. The number of fused-ring (bicyclic) bond motifs is 1. The van der Waals surface area contributed by atoms with Crippen molar-refractivity contribution in [1.29, 1.82) is 0 Å². The van der Waals surface area contributed by atoms with E-state index in [4.69, 9.17) is 23.2 Å². The highest BCUT2D eigenvalue weighted by Crippen LogP contribution is 2.41. The van der Waals surface area contributed by atoms with E-state index in [9.17, 15) is 14.4 Å². The van der Waals surface area contributed by atoms with Gasteiger partial charge in [0.15, 0.2) is 0 Å². The van der Waals surface area contributed by atoms with E-state index < -0.39 is 11.8 Å². The van der Waals surface area contributed by atoms with Gasteiger partial charge in [-0.2, -0.15) is 0 Å². The fourth-order valence-electron chi connectivity index (χ4n) is 3.47. The van der Waals surface area contributed by atoms with Crippen molar-refractivity contribution in [3.05, 3.63) is 68.7 Å². The number of rotatable bonds is 5. The third-order valence-corrected chi connectivity index (χ3v) is 5.88. The molecule has 0 saturated heterocycles. The van der Waals surface area contributed by atoms with E-state index in [2.05, 4.69) is 5.32 Å². The van der Waals surface area contributed by atoms with Gasteiger partial charge < -0.3 is 5.32 Å². The van der Waals surface area contributed by atoms with Crippen molar-refractivity contribution in [2.75, 3.05) is 6.54 Å². The number of imide groups is 1. The first kappa shape index (κ1) is 19.0. The van der Waals surface area contributed by atoms with Crippen LogP contribution in [0, 0.1) is 12.8 Å². The Kier molecular flexibility index (Phi) is 4.89. The second-order valence-electron chi connectivity index (χ2n) is 7.30. The van der Waals surface area contributed by atoms with E-state index in [1.165, 1.54) is 12.1 Å². The normalized spacial score (nSPS) is 16.9. The molecule has 3 amide bonds. The monoisotopic (exact) mass is 416 g/mol. The Morgan fingerprint density at radius 3 is 2.11 bits per heavy atom. The smallest absolute Gasteiger partial charge is 0.262 e. The minimum absolute atomic E-state index is 0.118. The molecule has 28 heavy (non-hydrogen) atoms. The van der Waals surface area contributed by atoms with Crippen LogP contribution in [-0.2, 0) is 4.79 Å². The predicted octanol–water partition coefficient (Wildman–Crippen LogP) is 4.17. The molecule has 0 aromatic heterocycles. The van der Waals surface area contributed by atoms with Crippen LogP contribution in [0.1, 0.15) is 50.7 Å². The number of carbonyl (C=O) groups is 3. The SMILES string of the molecule is Cc1ccc(C(NC(=O)CN2C(=O)c3cc(Cl)c(Cl)cc3C2=O)C2CC2)cc1. The third kappa shape index (κ3) is 3.52. The zero-order valence-corrected chi connectivity index (χ0v) is 16.7. The van der Waals surface area contributed by atoms with Gasteiger partial charge in [-0.1, -0.05) is 53.0 Å². The van der Waals surface area contributed by atoms with Crippen LogP contribution in [0.15, 0.2) is 36.4 Å². The lowest BCUT2D eigenvalue weighted by Crippen LogP contribution is -2.42. The summed E-state index contributed by atoms with van der Waals surface area (Å²) in [4.78, 5) is 38.7. The van der Waals surface area contributed by atoms with Gasteiger partial charge in [0.25, 0.3) is 11.8 Å². The van der Waals surface area contributed by atoms with Gasteiger partial charge in [0.2, 0.25) is 5.91 Å². The quantitative estimate of drug-likeness (QED) is 0.743. The van der Waals surface area contributed by atoms with Crippen LogP contribution in [-0.4, -0.2) is 29.2 Å². The van der Waals surface area contributed by atoms with Gasteiger partial charge in [0.05, 0.1) is 27.2 Å². The summed E-state index contributed by atoms with van der Waals surface area (Å²) in [5.74, 6) is -1.06. The number of hydrogen-bond donors (Lipinski definition) is 1. The van der Waals surface area contributed by atoms with Gasteiger partial charge in [0.1, 0.15) is 6.54 Å². The Morgan fingerprint density at radius 2 is 1.61 bits per heavy atom. The highest BCUT2D eigenvalue weighted by atomic mass is 35.5. The Balaban J connectivity index is 1.49. The van der Waals surface area contributed by atoms with Gasteiger partial charge in [-0.25, -0.2) is 0 Å². The number of nitrogens with one attached hydrogen (secondary N) is 1. The van der Waals surface area contributed by atoms with E-state index >= 15 is 0 Å². The molecule has 2 aliphatic rings. The molecule has 1 atom stereocenters. The average molecular weight is 417 g/mol. The number of benzene rings is 2. The molecule has 144 valence electrons. The van der Waals surface area contributed by atoms with Gasteiger partial charge in [0, 0.05) is 0 Å². The zero-order valence-electron chi connectivity index (χ0n) is 15.2. The summed E-state index contributed by atoms with van der Waals surface area (Å²) in [6, 6.07) is 10.7. The van der Waals surface area contributed by atoms with Crippen molar-refractivity contribution in [3.8, 4) is 0 Å². The lowest BCUT2D eigenvalue weighted by Gasteiger charge is -2.21. The highest BCUT2D eigenvalue weighted by Gasteiger charge is 2.39. The minimum atomic E-state index is -0.535. The molecule has 0 bridgehead atoms. The van der Waals surface area contributed by atoms with Gasteiger partial charge in [-0.3, -0.25) is 19.3 Å². The molecule has 1 saturated carbocycles. The van der Waals surface area contributed by atoms with Gasteiger partial charge in [-0.15, -0.1) is 0 Å². The maximum atomic E-state index is 12.6. The van der Waals surface area contributed by atoms with Crippen LogP contribution in [0.3, 0.4) is 0 Å². The molecule has 2 aromatic rings. The van der Waals surface area contributed by atoms with Crippen LogP contribution in [0.4, 0.5) is 0 Å². The summed E-state index contributed by atoms with van der Waals surface area (Å²) in [5.41, 5.74) is 2.52. The molecule has 0 radical (unpaired) electrons. The van der Waals surface area contributed by atoms with E-state index in [0.29, 0.717) is 5.92 Å². The minimum Gasteiger partial charge on any atom is -0.347 e. The van der Waals surface area contributed by atoms with Crippen LogP contribution in [0.5, 0.6) is 0 Å². The largest absolute Gasteiger partial charge is 0.347 e. The van der Waals surface area contributed by atoms with Crippen molar-refractivity contribution < 1.29 is 14.4 Å². The molecule has 1 fully saturated rings. The molecular formula is C21H18Cl2N2O3. The maximum Gasteiger partial charge on any atom is 0.262 e. The lowest BCUT2D eigenvalue weighted by atomic mass is 10.0. The summed E-state index contributed by atoms with van der Waals surface area (Å²) in [6.07, 6.45) is 2.09. The third-order valence-electron chi connectivity index (χ3n) is 5.16. The second-order valence-corrected chi connectivity index (χ2v) is 8.12. The van der Waals surface area contributed by atoms with Crippen molar-refractivity contribution in [1.82, 2.24) is 10.2 Å². The highest BCUT2D eigenvalue weighted by molar-refractivity contribution is 6.43. The number of nitrogens with zero attached hydrogens (tertiary/aromatic N) is 1. The molecule has 1 heterocycles. The van der Waals surface area contributed by atoms with Gasteiger partial charge >= 0.3 is 0 Å². The molecule has 1 unspecified atom stereocenters. The maximum absolute atomic E-state index is 12.6. The summed E-state index contributed by atoms with van der Waals surface area (Å²) < 4.78 is 0. The average Bonchev–Trinajstić information content (AvgIpc) is 3.48. The summed E-state index contributed by atoms with van der Waals surface area (Å²) >= 11 is 11.9. The number of amides is 3. The molecule has 7 heteroatoms. The van der Waals surface area contributed by atoms with E-state index in [1.807, 2.05) is 31.2 Å². The predicted molar refractivity (Wildman–Crippen MR) is 107 cm³/mol. The Morgan fingerprint density at radius 1 is 1.07 bits per heavy atom. The van der Waals surface area contributed by atoms with Crippen LogP contribution in [0.2, 0.25) is 10.0 Å². The second kappa shape index (κ2) is 7.22. The lowest BCUT2D eigenvalue weighted by molar-refractivity contribution is -0.122. The molecule has 1 aliphatic heterocycles. The van der Waals surface area contributed by atoms with Crippen LogP contribution in [0.25, 0.3) is 0 Å². The van der Waals surface area contributed by atoms with E-state index in [0.717, 1.165) is 28.9 Å². The molecular weight excluding hydrogens is 399 g/mol. The molecule has 0 spiro atoms. The number of aryl methyl sites for hydroxylation is 1. The fraction of sp³-hybridized carbons (Fsp3) is 0.286. The summed E-state index contributed by atoms with van der Waals surface area (Å²) in [6.45, 7) is 1.67. The molecule has 4 rings (SSSR count). The van der Waals surface area contributed by atoms with E-state index in [1.54, 1.807) is 0 Å². The molecule has 1 aliphatic carbocycles. The first-order chi connectivity index (χ1) is 13.3. The number of halogens is 2. The molecule has 2 aromatic carbocycles. The van der Waals surface area contributed by atoms with E-state index in [-0.39, 0.29) is 39.7 Å². The Hall–Kier alpha value is -2.37. The topological polar surface area (TPSA) is 66.5 Å².